The lowest BCUT2D eigenvalue weighted by atomic mass is 10.3. The summed E-state index contributed by atoms with van der Waals surface area (Å²) >= 11 is 13.6. The standard InChI is InChI=1S/C14H20Cl2N2OS/c1-3-6-18(7-8-20-2)10-14(19)17-13-5-4-11(15)9-12(13)16/h4-5,9H,3,6-8,10H2,1-2H3,(H,17,19). The first-order valence-corrected chi connectivity index (χ1v) is 8.68. The molecule has 0 aromatic heterocycles. The van der Waals surface area contributed by atoms with Gasteiger partial charge in [-0.15, -0.1) is 0 Å². The van der Waals surface area contributed by atoms with Crippen molar-refractivity contribution in [3.05, 3.63) is 28.2 Å². The van der Waals surface area contributed by atoms with E-state index in [2.05, 4.69) is 23.4 Å². The van der Waals surface area contributed by atoms with Crippen LogP contribution >= 0.6 is 35.0 Å². The fraction of sp³-hybridized carbons (Fsp3) is 0.500. The second-order valence-electron chi connectivity index (χ2n) is 4.44. The topological polar surface area (TPSA) is 32.3 Å². The van der Waals surface area contributed by atoms with Crippen LogP contribution in [-0.2, 0) is 4.79 Å². The van der Waals surface area contributed by atoms with E-state index < -0.39 is 0 Å². The average Bonchev–Trinajstić information content (AvgIpc) is 2.39. The van der Waals surface area contributed by atoms with Gasteiger partial charge in [0.2, 0.25) is 5.91 Å². The first-order chi connectivity index (χ1) is 9.56. The lowest BCUT2D eigenvalue weighted by Crippen LogP contribution is -2.35. The van der Waals surface area contributed by atoms with Crippen molar-refractivity contribution in [3.8, 4) is 0 Å². The number of halogens is 2. The Hall–Kier alpha value is -0.420. The normalized spacial score (nSPS) is 10.8. The van der Waals surface area contributed by atoms with Crippen LogP contribution in [0.15, 0.2) is 18.2 Å². The molecule has 0 heterocycles. The molecule has 1 rings (SSSR count). The van der Waals surface area contributed by atoms with Crippen molar-refractivity contribution in [1.29, 1.82) is 0 Å². The SMILES string of the molecule is CCCN(CCSC)CC(=O)Nc1ccc(Cl)cc1Cl. The summed E-state index contributed by atoms with van der Waals surface area (Å²) in [5, 5.41) is 3.84. The van der Waals surface area contributed by atoms with Gasteiger partial charge in [0.15, 0.2) is 0 Å². The van der Waals surface area contributed by atoms with E-state index in [1.54, 1.807) is 30.0 Å². The highest BCUT2D eigenvalue weighted by Gasteiger charge is 2.11. The molecule has 0 saturated heterocycles. The number of carbonyl (C=O) groups is 1. The number of amides is 1. The molecule has 0 fully saturated rings. The average molecular weight is 335 g/mol. The lowest BCUT2D eigenvalue weighted by molar-refractivity contribution is -0.117. The zero-order valence-corrected chi connectivity index (χ0v) is 14.1. The Morgan fingerprint density at radius 2 is 2.10 bits per heavy atom. The second-order valence-corrected chi connectivity index (χ2v) is 6.27. The second kappa shape index (κ2) is 9.50. The first kappa shape index (κ1) is 17.6. The molecular weight excluding hydrogens is 315 g/mol. The molecule has 0 spiro atoms. The molecule has 0 unspecified atom stereocenters. The smallest absolute Gasteiger partial charge is 0.238 e. The van der Waals surface area contributed by atoms with Gasteiger partial charge < -0.3 is 5.32 Å². The summed E-state index contributed by atoms with van der Waals surface area (Å²) in [4.78, 5) is 14.2. The molecule has 1 aromatic rings. The van der Waals surface area contributed by atoms with Crippen LogP contribution in [0.3, 0.4) is 0 Å². The molecule has 0 aliphatic rings. The van der Waals surface area contributed by atoms with Crippen molar-refractivity contribution in [1.82, 2.24) is 4.90 Å². The van der Waals surface area contributed by atoms with Gasteiger partial charge in [-0.1, -0.05) is 30.1 Å². The number of anilines is 1. The number of rotatable bonds is 8. The van der Waals surface area contributed by atoms with Crippen molar-refractivity contribution in [2.45, 2.75) is 13.3 Å². The lowest BCUT2D eigenvalue weighted by Gasteiger charge is -2.20. The maximum Gasteiger partial charge on any atom is 0.238 e. The van der Waals surface area contributed by atoms with Gasteiger partial charge in [-0.05, 0) is 37.4 Å². The minimum absolute atomic E-state index is 0.0521. The molecular formula is C14H20Cl2N2OS. The van der Waals surface area contributed by atoms with Gasteiger partial charge in [-0.25, -0.2) is 0 Å². The first-order valence-electron chi connectivity index (χ1n) is 6.53. The van der Waals surface area contributed by atoms with Crippen LogP contribution in [0.2, 0.25) is 10.0 Å². The maximum absolute atomic E-state index is 12.0. The highest BCUT2D eigenvalue weighted by molar-refractivity contribution is 7.98. The molecule has 0 aliphatic carbocycles. The Labute approximate surface area is 135 Å². The summed E-state index contributed by atoms with van der Waals surface area (Å²) in [7, 11) is 0. The summed E-state index contributed by atoms with van der Waals surface area (Å²) in [6.07, 6.45) is 3.10. The monoisotopic (exact) mass is 334 g/mol. The van der Waals surface area contributed by atoms with Crippen LogP contribution in [0.1, 0.15) is 13.3 Å². The van der Waals surface area contributed by atoms with Crippen molar-refractivity contribution < 1.29 is 4.79 Å². The fourth-order valence-corrected chi connectivity index (χ4v) is 2.69. The van der Waals surface area contributed by atoms with E-state index in [-0.39, 0.29) is 5.91 Å². The number of benzene rings is 1. The van der Waals surface area contributed by atoms with Gasteiger partial charge in [0, 0.05) is 17.3 Å². The Morgan fingerprint density at radius 1 is 1.35 bits per heavy atom. The van der Waals surface area contributed by atoms with Crippen LogP contribution < -0.4 is 5.32 Å². The Morgan fingerprint density at radius 3 is 2.70 bits per heavy atom. The third kappa shape index (κ3) is 6.35. The Bertz CT molecular complexity index is 443. The van der Waals surface area contributed by atoms with Gasteiger partial charge >= 0.3 is 0 Å². The third-order valence-electron chi connectivity index (χ3n) is 2.72. The van der Waals surface area contributed by atoms with E-state index in [9.17, 15) is 4.79 Å². The van der Waals surface area contributed by atoms with Crippen LogP contribution in [-0.4, -0.2) is 42.4 Å². The van der Waals surface area contributed by atoms with Crippen LogP contribution in [0, 0.1) is 0 Å². The van der Waals surface area contributed by atoms with E-state index in [0.29, 0.717) is 22.3 Å². The molecule has 0 saturated carbocycles. The maximum atomic E-state index is 12.0. The van der Waals surface area contributed by atoms with Crippen LogP contribution in [0.4, 0.5) is 5.69 Å². The minimum atomic E-state index is -0.0521. The van der Waals surface area contributed by atoms with E-state index in [1.807, 2.05) is 0 Å². The minimum Gasteiger partial charge on any atom is -0.324 e. The largest absolute Gasteiger partial charge is 0.324 e. The predicted octanol–water partition coefficient (Wildman–Crippen LogP) is 4.01. The quantitative estimate of drug-likeness (QED) is 0.779. The molecule has 20 heavy (non-hydrogen) atoms. The predicted molar refractivity (Wildman–Crippen MR) is 90.2 cm³/mol. The summed E-state index contributed by atoms with van der Waals surface area (Å²) in [5.74, 6) is 0.971. The molecule has 3 nitrogen and oxygen atoms in total. The third-order valence-corrected chi connectivity index (χ3v) is 3.86. The summed E-state index contributed by atoms with van der Waals surface area (Å²) < 4.78 is 0. The number of nitrogens with one attached hydrogen (secondary N) is 1. The van der Waals surface area contributed by atoms with Crippen molar-refractivity contribution >= 4 is 46.6 Å². The number of hydrogen-bond donors (Lipinski definition) is 1. The molecule has 6 heteroatoms. The Balaban J connectivity index is 2.55. The van der Waals surface area contributed by atoms with Crippen LogP contribution in [0.25, 0.3) is 0 Å². The molecule has 112 valence electrons. The molecule has 1 amide bonds. The fourth-order valence-electron chi connectivity index (χ4n) is 1.79. The Kier molecular flexibility index (Phi) is 8.38. The molecule has 1 N–H and O–H groups in total. The van der Waals surface area contributed by atoms with Gasteiger partial charge in [0.1, 0.15) is 0 Å². The van der Waals surface area contributed by atoms with Crippen molar-refractivity contribution in [2.24, 2.45) is 0 Å². The van der Waals surface area contributed by atoms with Gasteiger partial charge in [-0.3, -0.25) is 9.69 Å². The molecule has 0 aliphatic heterocycles. The van der Waals surface area contributed by atoms with Crippen molar-refractivity contribution in [3.63, 3.8) is 0 Å². The van der Waals surface area contributed by atoms with Crippen molar-refractivity contribution in [2.75, 3.05) is 37.0 Å². The molecule has 0 bridgehead atoms. The summed E-state index contributed by atoms with van der Waals surface area (Å²) in [5.41, 5.74) is 0.599. The van der Waals surface area contributed by atoms with E-state index in [1.165, 1.54) is 0 Å². The van der Waals surface area contributed by atoms with E-state index >= 15 is 0 Å². The zero-order chi connectivity index (χ0) is 15.0. The van der Waals surface area contributed by atoms with Gasteiger partial charge in [-0.2, -0.15) is 11.8 Å². The number of carbonyl (C=O) groups excluding carboxylic acids is 1. The molecule has 0 radical (unpaired) electrons. The summed E-state index contributed by atoms with van der Waals surface area (Å²) in [6.45, 7) is 4.33. The van der Waals surface area contributed by atoms with E-state index in [4.69, 9.17) is 23.2 Å². The van der Waals surface area contributed by atoms with E-state index in [0.717, 1.165) is 25.3 Å². The highest BCUT2D eigenvalue weighted by Crippen LogP contribution is 2.25. The number of nitrogens with zero attached hydrogens (tertiary/aromatic N) is 1. The summed E-state index contributed by atoms with van der Waals surface area (Å²) in [6, 6.07) is 5.05. The highest BCUT2D eigenvalue weighted by atomic mass is 35.5. The van der Waals surface area contributed by atoms with Crippen LogP contribution in [0.5, 0.6) is 0 Å². The molecule has 0 atom stereocenters. The molecule has 1 aromatic carbocycles. The van der Waals surface area contributed by atoms with Gasteiger partial charge in [0.25, 0.3) is 0 Å². The number of hydrogen-bond acceptors (Lipinski definition) is 3. The van der Waals surface area contributed by atoms with Gasteiger partial charge in [0.05, 0.1) is 17.3 Å². The zero-order valence-electron chi connectivity index (χ0n) is 11.8. The number of thioether (sulfide) groups is 1.